The second-order valence-corrected chi connectivity index (χ2v) is 2.24. The molecular weight excluding hydrogens is 170 g/mol. The van der Waals surface area contributed by atoms with Crippen LogP contribution in [0.25, 0.3) is 0 Å². The molecule has 0 amide bonds. The lowest BCUT2D eigenvalue weighted by molar-refractivity contribution is 1.27. The van der Waals surface area contributed by atoms with Gasteiger partial charge in [0.15, 0.2) is 0 Å². The van der Waals surface area contributed by atoms with Crippen molar-refractivity contribution in [3.8, 4) is 0 Å². The molecule has 0 fully saturated rings. The fourth-order valence-corrected chi connectivity index (χ4v) is 0.268. The first-order valence-electron chi connectivity index (χ1n) is 1.62. The van der Waals surface area contributed by atoms with E-state index in [1.165, 1.54) is 0 Å². The van der Waals surface area contributed by atoms with E-state index in [4.69, 9.17) is 40.6 Å². The Morgan fingerprint density at radius 1 is 1.38 bits per heavy atom. The number of hydrogen-bond acceptors (Lipinski definition) is 2. The third-order valence-corrected chi connectivity index (χ3v) is 1.26. The SMILES string of the molecule is NN=CC(Cl)=C(Cl)Cl. The van der Waals surface area contributed by atoms with E-state index in [0.717, 1.165) is 6.21 Å². The van der Waals surface area contributed by atoms with Crippen LogP contribution in [-0.2, 0) is 0 Å². The molecule has 5 heteroatoms. The van der Waals surface area contributed by atoms with Gasteiger partial charge in [-0.1, -0.05) is 34.8 Å². The Kier molecular flexibility index (Phi) is 4.05. The maximum Gasteiger partial charge on any atom is 0.127 e. The highest BCUT2D eigenvalue weighted by Gasteiger charge is 1.91. The summed E-state index contributed by atoms with van der Waals surface area (Å²) in [5.74, 6) is 4.70. The summed E-state index contributed by atoms with van der Waals surface area (Å²) in [6.07, 6.45) is 1.15. The number of hydrogen-bond donors (Lipinski definition) is 1. The molecule has 0 saturated heterocycles. The highest BCUT2D eigenvalue weighted by molar-refractivity contribution is 6.61. The van der Waals surface area contributed by atoms with E-state index in [2.05, 4.69) is 5.10 Å². The second kappa shape index (κ2) is 4.01. The highest BCUT2D eigenvalue weighted by atomic mass is 35.5. The van der Waals surface area contributed by atoms with Crippen LogP contribution in [0.5, 0.6) is 0 Å². The van der Waals surface area contributed by atoms with Crippen molar-refractivity contribution in [3.05, 3.63) is 9.52 Å². The predicted molar refractivity (Wildman–Crippen MR) is 37.3 cm³/mol. The monoisotopic (exact) mass is 172 g/mol. The van der Waals surface area contributed by atoms with Gasteiger partial charge in [0.25, 0.3) is 0 Å². The van der Waals surface area contributed by atoms with E-state index in [1.807, 2.05) is 0 Å². The van der Waals surface area contributed by atoms with Gasteiger partial charge in [-0.2, -0.15) is 5.10 Å². The predicted octanol–water partition coefficient (Wildman–Crippen LogP) is 1.82. The summed E-state index contributed by atoms with van der Waals surface area (Å²) >= 11 is 15.6. The minimum Gasteiger partial charge on any atom is -0.323 e. The smallest absolute Gasteiger partial charge is 0.127 e. The van der Waals surface area contributed by atoms with Crippen LogP contribution < -0.4 is 5.84 Å². The van der Waals surface area contributed by atoms with Gasteiger partial charge in [-0.05, 0) is 0 Å². The Labute approximate surface area is 61.9 Å². The maximum absolute atomic E-state index is 5.30. The van der Waals surface area contributed by atoms with Crippen molar-refractivity contribution in [3.63, 3.8) is 0 Å². The lowest BCUT2D eigenvalue weighted by atomic mass is 10.7. The molecule has 46 valence electrons. The lowest BCUT2D eigenvalue weighted by Crippen LogP contribution is -1.82. The van der Waals surface area contributed by atoms with Crippen molar-refractivity contribution in [1.82, 2.24) is 0 Å². The van der Waals surface area contributed by atoms with Gasteiger partial charge < -0.3 is 5.84 Å². The largest absolute Gasteiger partial charge is 0.323 e. The van der Waals surface area contributed by atoms with Crippen molar-refractivity contribution >= 4 is 41.0 Å². The van der Waals surface area contributed by atoms with Crippen LogP contribution in [0.3, 0.4) is 0 Å². The molecule has 0 bridgehead atoms. The van der Waals surface area contributed by atoms with Gasteiger partial charge in [0.2, 0.25) is 0 Å². The van der Waals surface area contributed by atoms with Crippen molar-refractivity contribution < 1.29 is 0 Å². The summed E-state index contributed by atoms with van der Waals surface area (Å²) in [6, 6.07) is 0. The normalized spacial score (nSPS) is 9.88. The zero-order chi connectivity index (χ0) is 6.57. The average Bonchev–Trinajstić information content (AvgIpc) is 1.67. The van der Waals surface area contributed by atoms with E-state index in [-0.39, 0.29) is 9.52 Å². The van der Waals surface area contributed by atoms with Crippen LogP contribution in [0.2, 0.25) is 0 Å². The van der Waals surface area contributed by atoms with E-state index in [0.29, 0.717) is 0 Å². The topological polar surface area (TPSA) is 38.4 Å². The fourth-order valence-electron chi connectivity index (χ4n) is 0.114. The Morgan fingerprint density at radius 3 is 2.00 bits per heavy atom. The number of halogens is 3. The molecule has 0 rings (SSSR count). The summed E-state index contributed by atoms with van der Waals surface area (Å²) in [7, 11) is 0. The van der Waals surface area contributed by atoms with Gasteiger partial charge in [0.05, 0.1) is 11.2 Å². The molecule has 0 aromatic rings. The van der Waals surface area contributed by atoms with Crippen LogP contribution in [0.15, 0.2) is 14.6 Å². The van der Waals surface area contributed by atoms with Crippen molar-refractivity contribution in [2.75, 3.05) is 0 Å². The standard InChI is InChI=1S/C3H3Cl3N2/c4-2(1-8-7)3(5)6/h1H,7H2. The summed E-state index contributed by atoms with van der Waals surface area (Å²) < 4.78 is -0.0409. The Morgan fingerprint density at radius 2 is 1.88 bits per heavy atom. The molecule has 0 saturated carbocycles. The fraction of sp³-hybridized carbons (Fsp3) is 0. The van der Waals surface area contributed by atoms with E-state index in [1.54, 1.807) is 0 Å². The molecule has 2 nitrogen and oxygen atoms in total. The summed E-state index contributed by atoms with van der Waals surface area (Å²) in [5, 5.41) is 3.21. The molecule has 2 N–H and O–H groups in total. The molecule has 8 heavy (non-hydrogen) atoms. The molecule has 0 aliphatic carbocycles. The Balaban J connectivity index is 4.00. The minimum atomic E-state index is -0.0409. The van der Waals surface area contributed by atoms with Crippen LogP contribution >= 0.6 is 34.8 Å². The first-order valence-corrected chi connectivity index (χ1v) is 2.76. The third kappa shape index (κ3) is 3.13. The second-order valence-electron chi connectivity index (χ2n) is 0.887. The summed E-state index contributed by atoms with van der Waals surface area (Å²) in [4.78, 5) is 0. The Hall–Kier alpha value is 0.0800. The first-order chi connectivity index (χ1) is 3.68. The van der Waals surface area contributed by atoms with Crippen molar-refractivity contribution in [2.24, 2.45) is 10.9 Å². The average molecular weight is 173 g/mol. The minimum absolute atomic E-state index is 0.0409. The zero-order valence-corrected chi connectivity index (χ0v) is 6.00. The van der Waals surface area contributed by atoms with Crippen LogP contribution in [0.4, 0.5) is 0 Å². The molecule has 0 aliphatic rings. The molecule has 0 radical (unpaired) electrons. The molecule has 0 aromatic carbocycles. The van der Waals surface area contributed by atoms with Gasteiger partial charge in [-0.25, -0.2) is 0 Å². The van der Waals surface area contributed by atoms with Crippen LogP contribution in [0.1, 0.15) is 0 Å². The van der Waals surface area contributed by atoms with Crippen molar-refractivity contribution in [1.29, 1.82) is 0 Å². The van der Waals surface area contributed by atoms with E-state index >= 15 is 0 Å². The van der Waals surface area contributed by atoms with Gasteiger partial charge in [-0.3, -0.25) is 0 Å². The zero-order valence-electron chi connectivity index (χ0n) is 3.74. The molecule has 0 heterocycles. The van der Waals surface area contributed by atoms with E-state index < -0.39 is 0 Å². The van der Waals surface area contributed by atoms with Gasteiger partial charge >= 0.3 is 0 Å². The van der Waals surface area contributed by atoms with E-state index in [9.17, 15) is 0 Å². The molecule has 0 unspecified atom stereocenters. The summed E-state index contributed by atoms with van der Waals surface area (Å²) in [6.45, 7) is 0. The first kappa shape index (κ1) is 8.08. The molecule has 0 aromatic heterocycles. The summed E-state index contributed by atoms with van der Waals surface area (Å²) in [5.41, 5.74) is 0. The number of nitrogens with two attached hydrogens (primary N) is 1. The number of allylic oxidation sites excluding steroid dienone is 1. The van der Waals surface area contributed by atoms with Crippen molar-refractivity contribution in [2.45, 2.75) is 0 Å². The van der Waals surface area contributed by atoms with Gasteiger partial charge in [0, 0.05) is 0 Å². The van der Waals surface area contributed by atoms with Crippen LogP contribution in [0, 0.1) is 0 Å². The molecule has 0 atom stereocenters. The maximum atomic E-state index is 5.30. The molecule has 0 spiro atoms. The number of rotatable bonds is 1. The van der Waals surface area contributed by atoms with Gasteiger partial charge in [-0.15, -0.1) is 0 Å². The molecule has 0 aliphatic heterocycles. The molecular formula is C3H3Cl3N2. The number of nitrogens with zero attached hydrogens (tertiary/aromatic N) is 1. The number of hydrazone groups is 1. The van der Waals surface area contributed by atoms with Crippen LogP contribution in [-0.4, -0.2) is 6.21 Å². The third-order valence-electron chi connectivity index (χ3n) is 0.368. The van der Waals surface area contributed by atoms with Gasteiger partial charge in [0.1, 0.15) is 4.49 Å². The lowest BCUT2D eigenvalue weighted by Gasteiger charge is -1.82. The highest BCUT2D eigenvalue weighted by Crippen LogP contribution is 2.14. The Bertz CT molecular complexity index is 124. The quantitative estimate of drug-likeness (QED) is 0.367.